The van der Waals surface area contributed by atoms with E-state index in [2.05, 4.69) is 25.4 Å². The first-order chi connectivity index (χ1) is 14.8. The first kappa shape index (κ1) is 22.6. The number of nitrogens with zero attached hydrogens (tertiary/aromatic N) is 4. The number of carbonyl (C=O) groups is 3. The second-order valence-electron chi connectivity index (χ2n) is 6.38. The molecule has 1 aromatic heterocycles. The fourth-order valence-electron chi connectivity index (χ4n) is 3.23. The van der Waals surface area contributed by atoms with E-state index < -0.39 is 29.2 Å². The summed E-state index contributed by atoms with van der Waals surface area (Å²) in [6, 6.07) is -0.929. The summed E-state index contributed by atoms with van der Waals surface area (Å²) in [5, 5.41) is 20.6. The van der Waals surface area contributed by atoms with Crippen LogP contribution in [0.15, 0.2) is 27.0 Å². The molecule has 0 radical (unpaired) electrons. The maximum Gasteiger partial charge on any atom is 0.352 e. The second kappa shape index (κ2) is 9.34. The molecule has 0 aliphatic carbocycles. The quantitative estimate of drug-likeness (QED) is 0.274. The van der Waals surface area contributed by atoms with Gasteiger partial charge in [-0.15, -0.1) is 23.1 Å². The summed E-state index contributed by atoms with van der Waals surface area (Å²) in [5.41, 5.74) is 6.12. The van der Waals surface area contributed by atoms with Crippen molar-refractivity contribution in [2.75, 3.05) is 20.0 Å². The molecule has 1 fully saturated rings. The molecule has 3 heterocycles. The standard InChI is InChI=1S/C17H20N6O6S2/c1-7-8(4-5-19-28-2)12(16(26)27)23-14(25)11(15(23)31-7)21-13(24)10(22-29-3)9-6-30-17(18)20-9/h5-7,11,15H,4H2,1-3H3,(H2,18,20)(H,21,24)(H,26,27)/b19-5?,22-10-/t7-,11?,15+/m1/s1. The number of aliphatic carboxylic acids is 1. The average molecular weight is 469 g/mol. The fraction of sp³-hybridized carbons (Fsp3) is 0.412. The van der Waals surface area contributed by atoms with Crippen molar-refractivity contribution in [2.45, 2.75) is 30.0 Å². The zero-order valence-electron chi connectivity index (χ0n) is 16.8. The van der Waals surface area contributed by atoms with Gasteiger partial charge in [0.15, 0.2) is 10.8 Å². The van der Waals surface area contributed by atoms with E-state index >= 15 is 0 Å². The normalized spacial score (nSPS) is 23.5. The second-order valence-corrected chi connectivity index (χ2v) is 8.73. The number of thioether (sulfide) groups is 1. The molecule has 12 nitrogen and oxygen atoms in total. The molecule has 31 heavy (non-hydrogen) atoms. The first-order valence-corrected chi connectivity index (χ1v) is 10.8. The Hall–Kier alpha value is -3.13. The summed E-state index contributed by atoms with van der Waals surface area (Å²) in [6.45, 7) is 1.83. The molecule has 4 N–H and O–H groups in total. The number of hydrogen-bond donors (Lipinski definition) is 3. The molecule has 0 saturated carbocycles. The zero-order valence-corrected chi connectivity index (χ0v) is 18.4. The Morgan fingerprint density at radius 1 is 1.42 bits per heavy atom. The highest BCUT2D eigenvalue weighted by Crippen LogP contribution is 2.44. The van der Waals surface area contributed by atoms with Gasteiger partial charge in [0, 0.05) is 23.3 Å². The Bertz CT molecular complexity index is 990. The smallest absolute Gasteiger partial charge is 0.352 e. The van der Waals surface area contributed by atoms with Crippen molar-refractivity contribution >= 4 is 57.9 Å². The van der Waals surface area contributed by atoms with E-state index in [9.17, 15) is 19.5 Å². The number of fused-ring (bicyclic) bond motifs is 1. The van der Waals surface area contributed by atoms with Crippen LogP contribution in [0.4, 0.5) is 5.13 Å². The Morgan fingerprint density at radius 3 is 2.74 bits per heavy atom. The third kappa shape index (κ3) is 4.34. The maximum absolute atomic E-state index is 12.8. The number of β-lactam (4-membered cyclic amide) rings is 1. The van der Waals surface area contributed by atoms with Crippen molar-refractivity contribution in [3.05, 3.63) is 22.3 Å². The molecule has 0 spiro atoms. The van der Waals surface area contributed by atoms with E-state index in [1.54, 1.807) is 0 Å². The lowest BCUT2D eigenvalue weighted by Gasteiger charge is -2.51. The van der Waals surface area contributed by atoms with E-state index in [0.29, 0.717) is 5.57 Å². The summed E-state index contributed by atoms with van der Waals surface area (Å²) in [5.74, 6) is -2.45. The highest BCUT2D eigenvalue weighted by atomic mass is 32.2. The number of carboxylic acids is 1. The van der Waals surface area contributed by atoms with Crippen LogP contribution in [0, 0.1) is 0 Å². The summed E-state index contributed by atoms with van der Waals surface area (Å²) >= 11 is 2.49. The highest BCUT2D eigenvalue weighted by molar-refractivity contribution is 8.00. The lowest BCUT2D eigenvalue weighted by atomic mass is 9.99. The van der Waals surface area contributed by atoms with Gasteiger partial charge in [0.1, 0.15) is 37.0 Å². The van der Waals surface area contributed by atoms with Crippen molar-refractivity contribution in [3.63, 3.8) is 0 Å². The van der Waals surface area contributed by atoms with Crippen molar-refractivity contribution in [2.24, 2.45) is 10.3 Å². The van der Waals surface area contributed by atoms with Gasteiger partial charge in [0.05, 0.1) is 0 Å². The molecule has 166 valence electrons. The number of carboxylic acid groups (broad SMARTS) is 1. The number of oxime groups is 2. The van der Waals surface area contributed by atoms with E-state index in [0.717, 1.165) is 11.3 Å². The Labute approximate surface area is 185 Å². The molecule has 2 aliphatic heterocycles. The number of carbonyl (C=O) groups excluding carboxylic acids is 2. The number of aromatic nitrogens is 1. The predicted molar refractivity (Wildman–Crippen MR) is 114 cm³/mol. The molecule has 14 heteroatoms. The van der Waals surface area contributed by atoms with Crippen LogP contribution in [-0.4, -0.2) is 75.6 Å². The third-order valence-corrected chi connectivity index (χ3v) is 6.69. The molecular weight excluding hydrogens is 448 g/mol. The molecule has 1 saturated heterocycles. The van der Waals surface area contributed by atoms with E-state index in [-0.39, 0.29) is 33.9 Å². The molecule has 0 bridgehead atoms. The minimum absolute atomic E-state index is 0.104. The van der Waals surface area contributed by atoms with E-state index in [1.807, 2.05) is 6.92 Å². The van der Waals surface area contributed by atoms with Crippen LogP contribution in [0.5, 0.6) is 0 Å². The van der Waals surface area contributed by atoms with Gasteiger partial charge in [0.25, 0.3) is 11.8 Å². The Balaban J connectivity index is 1.82. The highest BCUT2D eigenvalue weighted by Gasteiger charge is 2.55. The predicted octanol–water partition coefficient (Wildman–Crippen LogP) is 0.225. The summed E-state index contributed by atoms with van der Waals surface area (Å²) in [7, 11) is 2.65. The number of hydrogen-bond acceptors (Lipinski definition) is 11. The van der Waals surface area contributed by atoms with Gasteiger partial charge in [-0.3, -0.25) is 14.5 Å². The fourth-order valence-corrected chi connectivity index (χ4v) is 5.24. The van der Waals surface area contributed by atoms with E-state index in [4.69, 9.17) is 10.6 Å². The van der Waals surface area contributed by atoms with Gasteiger partial charge in [-0.25, -0.2) is 9.78 Å². The lowest BCUT2D eigenvalue weighted by Crippen LogP contribution is -2.71. The summed E-state index contributed by atoms with van der Waals surface area (Å²) < 4.78 is 0. The first-order valence-electron chi connectivity index (χ1n) is 8.93. The SMILES string of the molecule is CON=CCC1=C(C(=O)O)N2C(=O)C(NC(=O)/C(=N\OC)c3csc(N)n3)[C@@H]2S[C@@H]1C. The van der Waals surface area contributed by atoms with Crippen LogP contribution in [0.1, 0.15) is 19.0 Å². The van der Waals surface area contributed by atoms with Crippen LogP contribution in [0.3, 0.4) is 0 Å². The van der Waals surface area contributed by atoms with Crippen LogP contribution in [0.2, 0.25) is 0 Å². The van der Waals surface area contributed by atoms with Gasteiger partial charge >= 0.3 is 5.97 Å². The number of rotatable bonds is 8. The summed E-state index contributed by atoms with van der Waals surface area (Å²) in [4.78, 5) is 52.0. The molecule has 3 atom stereocenters. The Morgan fingerprint density at radius 2 is 2.16 bits per heavy atom. The largest absolute Gasteiger partial charge is 0.477 e. The average Bonchev–Trinajstić information content (AvgIpc) is 3.16. The number of anilines is 1. The molecule has 2 aliphatic rings. The molecule has 1 unspecified atom stereocenters. The van der Waals surface area contributed by atoms with Crippen molar-refractivity contribution in [1.29, 1.82) is 0 Å². The van der Waals surface area contributed by atoms with Crippen LogP contribution in [0.25, 0.3) is 0 Å². The van der Waals surface area contributed by atoms with E-state index in [1.165, 1.54) is 42.5 Å². The lowest BCUT2D eigenvalue weighted by molar-refractivity contribution is -0.150. The third-order valence-electron chi connectivity index (χ3n) is 4.56. The maximum atomic E-state index is 12.8. The summed E-state index contributed by atoms with van der Waals surface area (Å²) in [6.07, 6.45) is 1.65. The monoisotopic (exact) mass is 468 g/mol. The van der Waals surface area contributed by atoms with Crippen molar-refractivity contribution in [3.8, 4) is 0 Å². The molecule has 3 rings (SSSR count). The van der Waals surface area contributed by atoms with Crippen molar-refractivity contribution in [1.82, 2.24) is 15.2 Å². The van der Waals surface area contributed by atoms with Gasteiger partial charge in [-0.2, -0.15) is 0 Å². The van der Waals surface area contributed by atoms with Crippen LogP contribution in [-0.2, 0) is 24.1 Å². The van der Waals surface area contributed by atoms with Crippen LogP contribution < -0.4 is 11.1 Å². The molecular formula is C17H20N6O6S2. The number of nitrogens with two attached hydrogens (primary N) is 1. The molecule has 2 amide bonds. The number of amides is 2. The minimum atomic E-state index is -1.23. The van der Waals surface area contributed by atoms with Crippen LogP contribution >= 0.6 is 23.1 Å². The number of nitrogen functional groups attached to an aromatic ring is 1. The zero-order chi connectivity index (χ0) is 22.7. The van der Waals surface area contributed by atoms with Gasteiger partial charge in [-0.1, -0.05) is 10.3 Å². The van der Waals surface area contributed by atoms with Gasteiger partial charge < -0.3 is 25.8 Å². The number of thiazole rings is 1. The Kier molecular flexibility index (Phi) is 6.80. The topological polar surface area (TPSA) is 169 Å². The minimum Gasteiger partial charge on any atom is -0.477 e. The van der Waals surface area contributed by atoms with Gasteiger partial charge in [0.2, 0.25) is 0 Å². The van der Waals surface area contributed by atoms with Crippen molar-refractivity contribution < 1.29 is 29.2 Å². The molecule has 1 aromatic rings. The number of nitrogens with one attached hydrogen (secondary N) is 1. The van der Waals surface area contributed by atoms with Gasteiger partial charge in [-0.05, 0) is 12.5 Å². The molecule has 0 aromatic carbocycles.